The maximum Gasteiger partial charge on any atom is 0.269 e. The lowest BCUT2D eigenvalue weighted by molar-refractivity contribution is 0.587. The highest BCUT2D eigenvalue weighted by Crippen LogP contribution is 2.30. The summed E-state index contributed by atoms with van der Waals surface area (Å²) in [6.07, 6.45) is 4.32. The highest BCUT2D eigenvalue weighted by atomic mass is 35.5. The van der Waals surface area contributed by atoms with Crippen LogP contribution in [0.3, 0.4) is 0 Å². The molecule has 0 aliphatic carbocycles. The van der Waals surface area contributed by atoms with Crippen molar-refractivity contribution in [2.75, 3.05) is 19.0 Å². The Bertz CT molecular complexity index is 973. The maximum atomic E-state index is 13.6. The summed E-state index contributed by atoms with van der Waals surface area (Å²) in [7, 11) is -0.216. The molecule has 1 aromatic carbocycles. The fraction of sp³-hybridized carbons (Fsp3) is 0.118. The number of hydrogen-bond donors (Lipinski definition) is 0. The molecule has 0 atom stereocenters. The summed E-state index contributed by atoms with van der Waals surface area (Å²) in [4.78, 5) is 5.73. The van der Waals surface area contributed by atoms with Crippen molar-refractivity contribution >= 4 is 28.1 Å². The van der Waals surface area contributed by atoms with Crippen LogP contribution in [-0.2, 0) is 10.0 Å². The van der Waals surface area contributed by atoms with Gasteiger partial charge < -0.3 is 4.90 Å². The fourth-order valence-corrected chi connectivity index (χ4v) is 3.68. The van der Waals surface area contributed by atoms with Crippen LogP contribution >= 0.6 is 12.4 Å². The first-order valence-corrected chi connectivity index (χ1v) is 8.65. The summed E-state index contributed by atoms with van der Waals surface area (Å²) < 4.78 is 40.7. The SMILES string of the molecule is CN(C)c1cc(-c2cccc(F)c2)n(S(=O)(=O)c2cccnc2)c1.Cl. The molecule has 0 unspecified atom stereocenters. The minimum absolute atomic E-state index is 0. The van der Waals surface area contributed by atoms with Crippen molar-refractivity contribution in [3.63, 3.8) is 0 Å². The predicted molar refractivity (Wildman–Crippen MR) is 98.2 cm³/mol. The van der Waals surface area contributed by atoms with Crippen LogP contribution in [0.4, 0.5) is 10.1 Å². The van der Waals surface area contributed by atoms with E-state index in [9.17, 15) is 12.8 Å². The average molecular weight is 382 g/mol. The molecule has 2 heterocycles. The van der Waals surface area contributed by atoms with Gasteiger partial charge in [0.15, 0.2) is 0 Å². The van der Waals surface area contributed by atoms with E-state index in [1.165, 1.54) is 36.8 Å². The van der Waals surface area contributed by atoms with E-state index in [2.05, 4.69) is 4.98 Å². The van der Waals surface area contributed by atoms with Gasteiger partial charge in [0.2, 0.25) is 0 Å². The highest BCUT2D eigenvalue weighted by Gasteiger charge is 2.22. The summed E-state index contributed by atoms with van der Waals surface area (Å²) in [6, 6.07) is 10.6. The second kappa shape index (κ2) is 7.25. The molecule has 0 N–H and O–H groups in total. The van der Waals surface area contributed by atoms with E-state index in [1.54, 1.807) is 29.2 Å². The molecule has 0 aliphatic heterocycles. The van der Waals surface area contributed by atoms with Crippen molar-refractivity contribution < 1.29 is 12.8 Å². The molecule has 2 aromatic heterocycles. The summed E-state index contributed by atoms with van der Waals surface area (Å²) in [5.41, 5.74) is 1.57. The van der Waals surface area contributed by atoms with E-state index in [0.29, 0.717) is 16.9 Å². The van der Waals surface area contributed by atoms with Crippen LogP contribution in [0.1, 0.15) is 0 Å². The molecule has 25 heavy (non-hydrogen) atoms. The Hall–Kier alpha value is -2.38. The number of anilines is 1. The monoisotopic (exact) mass is 381 g/mol. The quantitative estimate of drug-likeness (QED) is 0.695. The lowest BCUT2D eigenvalue weighted by Crippen LogP contribution is -2.14. The minimum atomic E-state index is -3.84. The number of benzene rings is 1. The zero-order valence-corrected chi connectivity index (χ0v) is 15.3. The Morgan fingerprint density at radius 3 is 2.48 bits per heavy atom. The van der Waals surface area contributed by atoms with E-state index in [-0.39, 0.29) is 17.3 Å². The molecule has 132 valence electrons. The van der Waals surface area contributed by atoms with Crippen LogP contribution in [0.25, 0.3) is 11.3 Å². The smallest absolute Gasteiger partial charge is 0.269 e. The summed E-state index contributed by atoms with van der Waals surface area (Å²) in [5.74, 6) is -0.426. The molecule has 0 fully saturated rings. The van der Waals surface area contributed by atoms with Gasteiger partial charge in [0, 0.05) is 38.2 Å². The Kier molecular flexibility index (Phi) is 5.49. The van der Waals surface area contributed by atoms with Crippen molar-refractivity contribution in [1.29, 1.82) is 0 Å². The minimum Gasteiger partial charge on any atom is -0.376 e. The third-order valence-corrected chi connectivity index (χ3v) is 5.26. The Morgan fingerprint density at radius 1 is 1.12 bits per heavy atom. The first kappa shape index (κ1) is 19.0. The second-order valence-electron chi connectivity index (χ2n) is 5.48. The van der Waals surface area contributed by atoms with Crippen molar-refractivity contribution in [3.8, 4) is 11.3 Å². The molecule has 0 spiro atoms. The van der Waals surface area contributed by atoms with Crippen molar-refractivity contribution in [2.24, 2.45) is 0 Å². The standard InChI is InChI=1S/C17H16FN3O2S.ClH/c1-20(2)15-10-17(13-5-3-6-14(18)9-13)21(12-15)24(22,23)16-7-4-8-19-11-16;/h3-12H,1-2H3;1H. The lowest BCUT2D eigenvalue weighted by Gasteiger charge is -2.10. The number of hydrogen-bond acceptors (Lipinski definition) is 4. The topological polar surface area (TPSA) is 55.2 Å². The number of aromatic nitrogens is 2. The molecule has 0 saturated carbocycles. The number of halogens is 2. The van der Waals surface area contributed by atoms with Gasteiger partial charge in [0.25, 0.3) is 10.0 Å². The van der Waals surface area contributed by atoms with Crippen LogP contribution in [0, 0.1) is 5.82 Å². The molecule has 0 bridgehead atoms. The van der Waals surface area contributed by atoms with Gasteiger partial charge in [0.1, 0.15) is 10.7 Å². The molecule has 0 saturated heterocycles. The van der Waals surface area contributed by atoms with Gasteiger partial charge in [-0.25, -0.2) is 16.8 Å². The van der Waals surface area contributed by atoms with Gasteiger partial charge in [-0.15, -0.1) is 12.4 Å². The Labute approximate surface area is 152 Å². The zero-order chi connectivity index (χ0) is 17.3. The molecule has 0 amide bonds. The summed E-state index contributed by atoms with van der Waals surface area (Å²) in [6.45, 7) is 0. The second-order valence-corrected chi connectivity index (χ2v) is 7.29. The number of rotatable bonds is 4. The fourth-order valence-electron chi connectivity index (χ4n) is 2.35. The lowest BCUT2D eigenvalue weighted by atomic mass is 10.1. The zero-order valence-electron chi connectivity index (χ0n) is 13.6. The highest BCUT2D eigenvalue weighted by molar-refractivity contribution is 7.90. The van der Waals surface area contributed by atoms with Gasteiger partial charge in [-0.2, -0.15) is 0 Å². The normalized spacial score (nSPS) is 11.0. The number of nitrogens with zero attached hydrogens (tertiary/aromatic N) is 3. The first-order valence-electron chi connectivity index (χ1n) is 7.21. The van der Waals surface area contributed by atoms with Crippen LogP contribution < -0.4 is 4.90 Å². The summed E-state index contributed by atoms with van der Waals surface area (Å²) in [5, 5.41) is 0. The molecule has 0 radical (unpaired) electrons. The molecule has 3 rings (SSSR count). The molecule has 8 heteroatoms. The number of pyridine rings is 1. The third-order valence-electron chi connectivity index (χ3n) is 3.60. The molecular formula is C17H17ClFN3O2S. The van der Waals surface area contributed by atoms with Gasteiger partial charge in [0.05, 0.1) is 11.4 Å². The summed E-state index contributed by atoms with van der Waals surface area (Å²) >= 11 is 0. The van der Waals surface area contributed by atoms with Crippen LogP contribution in [0.15, 0.2) is 66.0 Å². The van der Waals surface area contributed by atoms with Crippen LogP contribution in [0.2, 0.25) is 0 Å². The van der Waals surface area contributed by atoms with Gasteiger partial charge in [-0.05, 0) is 30.3 Å². The van der Waals surface area contributed by atoms with Gasteiger partial charge >= 0.3 is 0 Å². The molecule has 5 nitrogen and oxygen atoms in total. The molecule has 3 aromatic rings. The first-order chi connectivity index (χ1) is 11.4. The van der Waals surface area contributed by atoms with E-state index in [1.807, 2.05) is 14.1 Å². The van der Waals surface area contributed by atoms with E-state index in [4.69, 9.17) is 0 Å². The molecule has 0 aliphatic rings. The van der Waals surface area contributed by atoms with Crippen LogP contribution in [0.5, 0.6) is 0 Å². The maximum absolute atomic E-state index is 13.6. The van der Waals surface area contributed by atoms with Crippen LogP contribution in [-0.4, -0.2) is 31.5 Å². The van der Waals surface area contributed by atoms with Gasteiger partial charge in [-0.1, -0.05) is 12.1 Å². The van der Waals surface area contributed by atoms with E-state index < -0.39 is 15.8 Å². The Morgan fingerprint density at radius 2 is 1.88 bits per heavy atom. The van der Waals surface area contributed by atoms with Gasteiger partial charge in [-0.3, -0.25) is 4.98 Å². The largest absolute Gasteiger partial charge is 0.376 e. The van der Waals surface area contributed by atoms with E-state index in [0.717, 1.165) is 3.97 Å². The van der Waals surface area contributed by atoms with Crippen molar-refractivity contribution in [3.05, 3.63) is 66.9 Å². The van der Waals surface area contributed by atoms with Crippen molar-refractivity contribution in [2.45, 2.75) is 4.90 Å². The molecular weight excluding hydrogens is 365 g/mol. The predicted octanol–water partition coefficient (Wildman–Crippen LogP) is 3.41. The van der Waals surface area contributed by atoms with Crippen molar-refractivity contribution in [1.82, 2.24) is 8.96 Å². The third kappa shape index (κ3) is 3.67. The van der Waals surface area contributed by atoms with E-state index >= 15 is 0 Å². The Balaban J connectivity index is 0.00000225. The average Bonchev–Trinajstić information content (AvgIpc) is 3.02.